The molecule has 0 saturated carbocycles. The summed E-state index contributed by atoms with van der Waals surface area (Å²) in [4.78, 5) is 30.1. The predicted octanol–water partition coefficient (Wildman–Crippen LogP) is 13.3. The molecule has 3 aromatic heterocycles. The van der Waals surface area contributed by atoms with Crippen LogP contribution in [0.1, 0.15) is 0 Å². The second-order valence-electron chi connectivity index (χ2n) is 14.8. The zero-order valence-corrected chi connectivity index (χ0v) is 32.7. The lowest BCUT2D eigenvalue weighted by molar-refractivity contribution is 0.669. The molecule has 0 aliphatic rings. The first-order valence-electron chi connectivity index (χ1n) is 20.1. The van der Waals surface area contributed by atoms with Crippen molar-refractivity contribution in [2.75, 3.05) is 0 Å². The van der Waals surface area contributed by atoms with Crippen molar-refractivity contribution in [3.8, 4) is 90.6 Å². The summed E-state index contributed by atoms with van der Waals surface area (Å²) in [5.74, 6) is 3.53. The van der Waals surface area contributed by atoms with Crippen LogP contribution < -0.4 is 0 Å². The Morgan fingerprint density at radius 2 is 0.541 bits per heavy atom. The highest BCUT2D eigenvalue weighted by Gasteiger charge is 2.17. The third kappa shape index (κ3) is 7.11. The first-order valence-corrected chi connectivity index (χ1v) is 20.1. The highest BCUT2D eigenvalue weighted by molar-refractivity contribution is 6.05. The summed E-state index contributed by atoms with van der Waals surface area (Å²) in [6.45, 7) is 0. The largest absolute Gasteiger partial charge is 0.456 e. The van der Waals surface area contributed by atoms with Gasteiger partial charge in [-0.1, -0.05) is 176 Å². The number of aromatic nitrogens is 6. The maximum absolute atomic E-state index is 6.24. The molecule has 0 bridgehead atoms. The minimum absolute atomic E-state index is 0.563. The third-order valence-corrected chi connectivity index (χ3v) is 10.8. The molecule has 0 saturated heterocycles. The van der Waals surface area contributed by atoms with E-state index in [2.05, 4.69) is 78.9 Å². The maximum Gasteiger partial charge on any atom is 0.164 e. The Hall–Kier alpha value is -8.42. The van der Waals surface area contributed by atoms with E-state index in [1.807, 2.05) is 127 Å². The molecule has 11 rings (SSSR count). The van der Waals surface area contributed by atoms with E-state index < -0.39 is 0 Å². The quantitative estimate of drug-likeness (QED) is 0.152. The summed E-state index contributed by atoms with van der Waals surface area (Å²) < 4.78 is 6.24. The van der Waals surface area contributed by atoms with Gasteiger partial charge in [0.05, 0.1) is 0 Å². The molecule has 0 amide bonds. The maximum atomic E-state index is 6.24. The van der Waals surface area contributed by atoms with Gasteiger partial charge >= 0.3 is 0 Å². The fourth-order valence-electron chi connectivity index (χ4n) is 7.68. The number of hydrogen-bond acceptors (Lipinski definition) is 7. The molecular formula is C54H34N6O. The minimum Gasteiger partial charge on any atom is -0.456 e. The van der Waals surface area contributed by atoms with Crippen LogP contribution in [0.25, 0.3) is 113 Å². The molecule has 0 spiro atoms. The topological polar surface area (TPSA) is 90.5 Å². The van der Waals surface area contributed by atoms with Crippen LogP contribution in [0.4, 0.5) is 0 Å². The van der Waals surface area contributed by atoms with Crippen LogP contribution in [0.2, 0.25) is 0 Å². The first kappa shape index (κ1) is 35.7. The van der Waals surface area contributed by atoms with E-state index >= 15 is 0 Å². The SMILES string of the molecule is c1ccc(-c2ccc(-c3nc(-c4ccccc4)nc(-c4cccc(-c5cccc(-c6nc(-c7ccccc7)nc(-c7ccc8c(c7)oc7ccccc78)n6)c5)c4)n3)cc2)cc1. The number of benzene rings is 8. The lowest BCUT2D eigenvalue weighted by atomic mass is 10.0. The van der Waals surface area contributed by atoms with E-state index in [1.165, 1.54) is 0 Å². The summed E-state index contributed by atoms with van der Waals surface area (Å²) >= 11 is 0. The number of nitrogens with zero attached hydrogens (tertiary/aromatic N) is 6. The zero-order valence-electron chi connectivity index (χ0n) is 32.7. The van der Waals surface area contributed by atoms with Crippen molar-refractivity contribution < 1.29 is 4.42 Å². The van der Waals surface area contributed by atoms with E-state index in [9.17, 15) is 0 Å². The highest BCUT2D eigenvalue weighted by atomic mass is 16.3. The number of rotatable bonds is 8. The molecule has 0 fully saturated rings. The van der Waals surface area contributed by atoms with Crippen LogP contribution in [0.5, 0.6) is 0 Å². The Morgan fingerprint density at radius 1 is 0.213 bits per heavy atom. The van der Waals surface area contributed by atoms with Crippen molar-refractivity contribution in [3.63, 3.8) is 0 Å². The standard InChI is InChI=1S/C54H34N6O/c1-4-14-35(15-5-1)36-26-28-39(29-27-36)51-55-49(37-16-6-2-7-17-37)56-52(59-51)42-22-12-20-40(32-42)41-21-13-23-43(33-41)53-57-50(38-18-8-3-9-19-38)58-54(60-53)44-30-31-46-45-24-10-11-25-47(45)61-48(46)34-44/h1-34H. The van der Waals surface area contributed by atoms with Gasteiger partial charge in [0.15, 0.2) is 34.9 Å². The first-order chi connectivity index (χ1) is 30.2. The van der Waals surface area contributed by atoms with E-state index in [4.69, 9.17) is 34.3 Å². The molecule has 3 heterocycles. The Bertz CT molecular complexity index is 3350. The fourth-order valence-corrected chi connectivity index (χ4v) is 7.68. The summed E-state index contributed by atoms with van der Waals surface area (Å²) in [7, 11) is 0. The Kier molecular flexibility index (Phi) is 9.02. The average molecular weight is 783 g/mol. The second kappa shape index (κ2) is 15.4. The van der Waals surface area contributed by atoms with Crippen LogP contribution >= 0.6 is 0 Å². The lowest BCUT2D eigenvalue weighted by Crippen LogP contribution is -2.00. The van der Waals surface area contributed by atoms with Crippen LogP contribution in [0.15, 0.2) is 211 Å². The monoisotopic (exact) mass is 782 g/mol. The molecule has 61 heavy (non-hydrogen) atoms. The van der Waals surface area contributed by atoms with Gasteiger partial charge in [-0.15, -0.1) is 0 Å². The van der Waals surface area contributed by atoms with Gasteiger partial charge in [0.1, 0.15) is 11.2 Å². The zero-order chi connectivity index (χ0) is 40.5. The second-order valence-corrected chi connectivity index (χ2v) is 14.8. The summed E-state index contributed by atoms with van der Waals surface area (Å²) in [5.41, 5.74) is 11.2. The van der Waals surface area contributed by atoms with E-state index in [1.54, 1.807) is 0 Å². The van der Waals surface area contributed by atoms with Crippen LogP contribution in [0.3, 0.4) is 0 Å². The van der Waals surface area contributed by atoms with Crippen LogP contribution in [-0.4, -0.2) is 29.9 Å². The molecule has 0 unspecified atom stereocenters. The van der Waals surface area contributed by atoms with Gasteiger partial charge in [0.2, 0.25) is 0 Å². The molecule has 286 valence electrons. The average Bonchev–Trinajstić information content (AvgIpc) is 3.73. The molecule has 0 atom stereocenters. The Morgan fingerprint density at radius 3 is 1.07 bits per heavy atom. The van der Waals surface area contributed by atoms with Crippen molar-refractivity contribution in [2.24, 2.45) is 0 Å². The Labute approximate surface area is 351 Å². The summed E-state index contributed by atoms with van der Waals surface area (Å²) in [5, 5.41) is 2.13. The third-order valence-electron chi connectivity index (χ3n) is 10.8. The molecular weight excluding hydrogens is 749 g/mol. The van der Waals surface area contributed by atoms with Gasteiger partial charge in [0.25, 0.3) is 0 Å². The van der Waals surface area contributed by atoms with Crippen molar-refractivity contribution in [1.82, 2.24) is 29.9 Å². The molecule has 0 aliphatic heterocycles. The number of furan rings is 1. The minimum atomic E-state index is 0.563. The van der Waals surface area contributed by atoms with Gasteiger partial charge in [-0.3, -0.25) is 0 Å². The molecule has 8 aromatic carbocycles. The van der Waals surface area contributed by atoms with Gasteiger partial charge in [-0.25, -0.2) is 29.9 Å². The smallest absolute Gasteiger partial charge is 0.164 e. The molecule has 7 nitrogen and oxygen atoms in total. The normalized spacial score (nSPS) is 11.3. The van der Waals surface area contributed by atoms with Crippen LogP contribution in [0, 0.1) is 0 Å². The van der Waals surface area contributed by atoms with E-state index in [0.717, 1.165) is 77.6 Å². The summed E-state index contributed by atoms with van der Waals surface area (Å²) in [6, 6.07) is 69.6. The van der Waals surface area contributed by atoms with Crippen molar-refractivity contribution in [1.29, 1.82) is 0 Å². The number of para-hydroxylation sites is 1. The lowest BCUT2D eigenvalue weighted by Gasteiger charge is -2.11. The van der Waals surface area contributed by atoms with Crippen molar-refractivity contribution in [3.05, 3.63) is 206 Å². The number of hydrogen-bond donors (Lipinski definition) is 0. The molecule has 7 heteroatoms. The van der Waals surface area contributed by atoms with E-state index in [0.29, 0.717) is 34.9 Å². The van der Waals surface area contributed by atoms with Crippen molar-refractivity contribution >= 4 is 21.9 Å². The van der Waals surface area contributed by atoms with Gasteiger partial charge in [-0.2, -0.15) is 0 Å². The van der Waals surface area contributed by atoms with Gasteiger partial charge in [0, 0.05) is 44.2 Å². The van der Waals surface area contributed by atoms with Crippen molar-refractivity contribution in [2.45, 2.75) is 0 Å². The van der Waals surface area contributed by atoms with Crippen LogP contribution in [-0.2, 0) is 0 Å². The molecule has 0 N–H and O–H groups in total. The Balaban J connectivity index is 0.977. The summed E-state index contributed by atoms with van der Waals surface area (Å²) in [6.07, 6.45) is 0. The van der Waals surface area contributed by atoms with Gasteiger partial charge < -0.3 is 4.42 Å². The molecule has 11 aromatic rings. The van der Waals surface area contributed by atoms with E-state index in [-0.39, 0.29) is 0 Å². The molecule has 0 aliphatic carbocycles. The van der Waals surface area contributed by atoms with Gasteiger partial charge in [-0.05, 0) is 52.6 Å². The number of fused-ring (bicyclic) bond motifs is 3. The fraction of sp³-hybridized carbons (Fsp3) is 0. The highest BCUT2D eigenvalue weighted by Crippen LogP contribution is 2.34. The molecule has 0 radical (unpaired) electrons. The predicted molar refractivity (Wildman–Crippen MR) is 244 cm³/mol.